The Balaban J connectivity index is 1.78. The van der Waals surface area contributed by atoms with E-state index in [0.717, 1.165) is 12.2 Å². The van der Waals surface area contributed by atoms with E-state index in [1.54, 1.807) is 24.3 Å². The van der Waals surface area contributed by atoms with Gasteiger partial charge in [0.1, 0.15) is 5.75 Å². The Morgan fingerprint density at radius 1 is 1.30 bits per heavy atom. The molecule has 1 heterocycles. The Bertz CT molecular complexity index is 580. The fourth-order valence-corrected chi connectivity index (χ4v) is 2.18. The fourth-order valence-electron chi connectivity index (χ4n) is 1.34. The molecule has 0 N–H and O–H groups in total. The molecule has 0 spiro atoms. The third-order valence-electron chi connectivity index (χ3n) is 2.28. The molecule has 0 fully saturated rings. The van der Waals surface area contributed by atoms with Gasteiger partial charge in [0, 0.05) is 17.2 Å². The van der Waals surface area contributed by atoms with Crippen molar-refractivity contribution in [2.75, 3.05) is 5.75 Å². The van der Waals surface area contributed by atoms with Gasteiger partial charge in [0.25, 0.3) is 11.1 Å². The zero-order valence-corrected chi connectivity index (χ0v) is 12.2. The van der Waals surface area contributed by atoms with E-state index in [9.17, 15) is 0 Å². The highest BCUT2D eigenvalue weighted by Gasteiger charge is 2.07. The Morgan fingerprint density at radius 2 is 2.10 bits per heavy atom. The van der Waals surface area contributed by atoms with Crippen molar-refractivity contribution in [1.82, 2.24) is 10.2 Å². The van der Waals surface area contributed by atoms with Gasteiger partial charge < -0.3 is 9.15 Å². The first-order chi connectivity index (χ1) is 9.78. The molecule has 0 atom stereocenters. The lowest BCUT2D eigenvalue weighted by Gasteiger charge is -2.02. The number of nitriles is 1. The SMILES string of the molecule is N#CCCCSc1nnc(COc2ccc(Cl)cc2)o1. The molecule has 2 aromatic rings. The monoisotopic (exact) mass is 309 g/mol. The second-order valence-corrected chi connectivity index (χ2v) is 5.30. The van der Waals surface area contributed by atoms with Gasteiger partial charge in [-0.1, -0.05) is 23.4 Å². The molecular formula is C13H12ClN3O2S. The van der Waals surface area contributed by atoms with Crippen LogP contribution >= 0.6 is 23.4 Å². The molecule has 20 heavy (non-hydrogen) atoms. The smallest absolute Gasteiger partial charge is 0.276 e. The summed E-state index contributed by atoms with van der Waals surface area (Å²) in [5.74, 6) is 1.89. The van der Waals surface area contributed by atoms with Crippen molar-refractivity contribution >= 4 is 23.4 Å². The fraction of sp³-hybridized carbons (Fsp3) is 0.308. The van der Waals surface area contributed by atoms with Gasteiger partial charge in [-0.2, -0.15) is 5.26 Å². The number of ether oxygens (including phenoxy) is 1. The van der Waals surface area contributed by atoms with Gasteiger partial charge in [-0.25, -0.2) is 0 Å². The number of hydrogen-bond donors (Lipinski definition) is 0. The van der Waals surface area contributed by atoms with Crippen LogP contribution in [0.5, 0.6) is 5.75 Å². The van der Waals surface area contributed by atoms with Crippen LogP contribution in [0, 0.1) is 11.3 Å². The van der Waals surface area contributed by atoms with Gasteiger partial charge in [-0.15, -0.1) is 10.2 Å². The number of benzene rings is 1. The molecule has 0 aliphatic heterocycles. The lowest BCUT2D eigenvalue weighted by molar-refractivity contribution is 0.252. The van der Waals surface area contributed by atoms with E-state index < -0.39 is 0 Å². The Morgan fingerprint density at radius 3 is 2.85 bits per heavy atom. The molecule has 0 saturated heterocycles. The van der Waals surface area contributed by atoms with Crippen LogP contribution in [-0.2, 0) is 6.61 Å². The van der Waals surface area contributed by atoms with Crippen LogP contribution in [0.1, 0.15) is 18.7 Å². The minimum Gasteiger partial charge on any atom is -0.484 e. The van der Waals surface area contributed by atoms with Crippen molar-refractivity contribution < 1.29 is 9.15 Å². The molecule has 1 aromatic heterocycles. The Labute approximate surface area is 125 Å². The van der Waals surface area contributed by atoms with Crippen molar-refractivity contribution in [3.8, 4) is 11.8 Å². The number of thioether (sulfide) groups is 1. The van der Waals surface area contributed by atoms with E-state index >= 15 is 0 Å². The summed E-state index contributed by atoms with van der Waals surface area (Å²) in [6.45, 7) is 0.216. The van der Waals surface area contributed by atoms with Crippen LogP contribution in [0.3, 0.4) is 0 Å². The second kappa shape index (κ2) is 7.78. The minimum atomic E-state index is 0.216. The molecule has 5 nitrogen and oxygen atoms in total. The van der Waals surface area contributed by atoms with Gasteiger partial charge in [0.15, 0.2) is 6.61 Å². The highest BCUT2D eigenvalue weighted by atomic mass is 35.5. The summed E-state index contributed by atoms with van der Waals surface area (Å²) in [5, 5.41) is 17.4. The summed E-state index contributed by atoms with van der Waals surface area (Å²) >= 11 is 7.22. The first-order valence-corrected chi connectivity index (χ1v) is 7.35. The number of rotatable bonds is 7. The van der Waals surface area contributed by atoms with E-state index in [4.69, 9.17) is 26.0 Å². The maximum atomic E-state index is 8.43. The third-order valence-corrected chi connectivity index (χ3v) is 3.44. The molecule has 0 saturated carbocycles. The van der Waals surface area contributed by atoms with Crippen LogP contribution in [0.15, 0.2) is 33.9 Å². The molecule has 1 aromatic carbocycles. The lowest BCUT2D eigenvalue weighted by Crippen LogP contribution is -1.95. The predicted molar refractivity (Wildman–Crippen MR) is 75.7 cm³/mol. The van der Waals surface area contributed by atoms with Crippen LogP contribution in [-0.4, -0.2) is 16.0 Å². The molecule has 0 amide bonds. The summed E-state index contributed by atoms with van der Waals surface area (Å²) in [5.41, 5.74) is 0. The topological polar surface area (TPSA) is 71.9 Å². The number of halogens is 1. The maximum Gasteiger partial charge on any atom is 0.276 e. The summed E-state index contributed by atoms with van der Waals surface area (Å²) in [6.07, 6.45) is 1.34. The molecule has 2 rings (SSSR count). The minimum absolute atomic E-state index is 0.216. The summed E-state index contributed by atoms with van der Waals surface area (Å²) in [6, 6.07) is 9.14. The molecule has 0 radical (unpaired) electrons. The molecule has 104 valence electrons. The van der Waals surface area contributed by atoms with Gasteiger partial charge >= 0.3 is 0 Å². The van der Waals surface area contributed by atoms with Gasteiger partial charge in [-0.05, 0) is 30.7 Å². The van der Waals surface area contributed by atoms with Gasteiger partial charge in [0.05, 0.1) is 6.07 Å². The normalized spacial score (nSPS) is 10.2. The van der Waals surface area contributed by atoms with Gasteiger partial charge in [0.2, 0.25) is 0 Å². The number of hydrogen-bond acceptors (Lipinski definition) is 6. The molecule has 7 heteroatoms. The summed E-state index contributed by atoms with van der Waals surface area (Å²) in [4.78, 5) is 0. The molecule has 0 aliphatic rings. The van der Waals surface area contributed by atoms with Gasteiger partial charge in [-0.3, -0.25) is 0 Å². The highest BCUT2D eigenvalue weighted by molar-refractivity contribution is 7.99. The number of nitrogens with zero attached hydrogens (tertiary/aromatic N) is 3. The van der Waals surface area contributed by atoms with E-state index in [1.807, 2.05) is 0 Å². The number of unbranched alkanes of at least 4 members (excludes halogenated alkanes) is 1. The van der Waals surface area contributed by atoms with Crippen molar-refractivity contribution in [3.05, 3.63) is 35.2 Å². The van der Waals surface area contributed by atoms with Crippen molar-refractivity contribution in [2.45, 2.75) is 24.7 Å². The van der Waals surface area contributed by atoms with E-state index in [0.29, 0.717) is 28.3 Å². The first kappa shape index (κ1) is 14.7. The molecule has 0 unspecified atom stereocenters. The van der Waals surface area contributed by atoms with Crippen LogP contribution in [0.4, 0.5) is 0 Å². The molecule has 0 bridgehead atoms. The van der Waals surface area contributed by atoms with E-state index in [1.165, 1.54) is 11.8 Å². The van der Waals surface area contributed by atoms with Crippen LogP contribution < -0.4 is 4.74 Å². The number of aromatic nitrogens is 2. The first-order valence-electron chi connectivity index (χ1n) is 5.98. The maximum absolute atomic E-state index is 8.43. The molecular weight excluding hydrogens is 298 g/mol. The largest absolute Gasteiger partial charge is 0.484 e. The van der Waals surface area contributed by atoms with Crippen molar-refractivity contribution in [2.24, 2.45) is 0 Å². The standard InChI is InChI=1S/C13H12ClN3O2S/c14-10-3-5-11(6-4-10)18-9-12-16-17-13(19-12)20-8-2-1-7-15/h3-6H,1-2,8-9H2. The van der Waals surface area contributed by atoms with E-state index in [-0.39, 0.29) is 6.61 Å². The van der Waals surface area contributed by atoms with Crippen LogP contribution in [0.25, 0.3) is 0 Å². The Hall–Kier alpha value is -1.71. The van der Waals surface area contributed by atoms with Crippen molar-refractivity contribution in [1.29, 1.82) is 5.26 Å². The predicted octanol–water partition coefficient (Wildman–Crippen LogP) is 3.70. The zero-order valence-electron chi connectivity index (χ0n) is 10.6. The molecule has 0 aliphatic carbocycles. The second-order valence-electron chi connectivity index (χ2n) is 3.81. The third kappa shape index (κ3) is 4.76. The average Bonchev–Trinajstić information content (AvgIpc) is 2.91. The summed E-state index contributed by atoms with van der Waals surface area (Å²) < 4.78 is 10.9. The van der Waals surface area contributed by atoms with Crippen molar-refractivity contribution in [3.63, 3.8) is 0 Å². The summed E-state index contributed by atoms with van der Waals surface area (Å²) in [7, 11) is 0. The quantitative estimate of drug-likeness (QED) is 0.573. The zero-order chi connectivity index (χ0) is 14.2. The Kier molecular flexibility index (Phi) is 5.71. The average molecular weight is 310 g/mol. The van der Waals surface area contributed by atoms with Crippen LogP contribution in [0.2, 0.25) is 5.02 Å². The van der Waals surface area contributed by atoms with E-state index in [2.05, 4.69) is 16.3 Å². The lowest BCUT2D eigenvalue weighted by atomic mass is 10.3. The highest BCUT2D eigenvalue weighted by Crippen LogP contribution is 2.19.